The summed E-state index contributed by atoms with van der Waals surface area (Å²) in [6.07, 6.45) is 6.81. The molecule has 5 N–H and O–H groups in total. The number of aliphatic hydroxyl groups excluding tert-OH is 3. The molecule has 7 rings (SSSR count). The number of carboxylic acid groups (broad SMARTS) is 1. The molecule has 1 aromatic carbocycles. The maximum Gasteiger partial charge on any atom is 0.331 e. The molecule has 11 nitrogen and oxygen atoms in total. The number of rotatable bonds is 8. The minimum absolute atomic E-state index is 0.00810. The molecule has 316 valence electrons. The van der Waals surface area contributed by atoms with Gasteiger partial charge in [-0.1, -0.05) is 66.2 Å². The largest absolute Gasteiger partial charge is 0.504 e. The van der Waals surface area contributed by atoms with Crippen LogP contribution in [0, 0.1) is 50.2 Å². The molecule has 4 saturated carbocycles. The predicted molar refractivity (Wildman–Crippen MR) is 213 cm³/mol. The lowest BCUT2D eigenvalue weighted by atomic mass is 9.33. The van der Waals surface area contributed by atoms with Gasteiger partial charge >= 0.3 is 11.9 Å². The van der Waals surface area contributed by atoms with Crippen LogP contribution >= 0.6 is 0 Å². The summed E-state index contributed by atoms with van der Waals surface area (Å²) >= 11 is 0. The third-order valence-electron chi connectivity index (χ3n) is 17.0. The van der Waals surface area contributed by atoms with E-state index < -0.39 is 54.7 Å². The van der Waals surface area contributed by atoms with Gasteiger partial charge in [0.05, 0.1) is 25.2 Å². The van der Waals surface area contributed by atoms with E-state index in [1.54, 1.807) is 12.1 Å². The molecule has 0 amide bonds. The summed E-state index contributed by atoms with van der Waals surface area (Å²) in [6.45, 7) is 16.0. The van der Waals surface area contributed by atoms with Gasteiger partial charge in [0.1, 0.15) is 18.3 Å². The lowest BCUT2D eigenvalue weighted by Gasteiger charge is -2.71. The van der Waals surface area contributed by atoms with Crippen LogP contribution in [0.5, 0.6) is 11.5 Å². The molecule has 57 heavy (non-hydrogen) atoms. The van der Waals surface area contributed by atoms with Crippen LogP contribution in [0.4, 0.5) is 0 Å². The molecule has 11 heteroatoms. The molecule has 1 heterocycles. The topological polar surface area (TPSA) is 172 Å². The minimum atomic E-state index is -1.58. The van der Waals surface area contributed by atoms with Gasteiger partial charge < -0.3 is 44.5 Å². The number of methoxy groups -OCH3 is 1. The molecule has 0 bridgehead atoms. The third-order valence-corrected chi connectivity index (χ3v) is 17.0. The van der Waals surface area contributed by atoms with Crippen molar-refractivity contribution in [2.24, 2.45) is 50.2 Å². The van der Waals surface area contributed by atoms with E-state index in [0.29, 0.717) is 17.4 Å². The van der Waals surface area contributed by atoms with E-state index in [2.05, 4.69) is 54.5 Å². The van der Waals surface area contributed by atoms with E-state index in [1.165, 1.54) is 24.8 Å². The number of hydrogen-bond donors (Lipinski definition) is 5. The van der Waals surface area contributed by atoms with Crippen LogP contribution in [0.15, 0.2) is 35.9 Å². The fraction of sp³-hybridized carbons (Fsp3) is 0.739. The Kier molecular flexibility index (Phi) is 10.8. The average Bonchev–Trinajstić information content (AvgIpc) is 3.15. The number of aliphatic carboxylic acids is 1. The van der Waals surface area contributed by atoms with E-state index in [9.17, 15) is 35.1 Å². The molecule has 6 aliphatic rings. The van der Waals surface area contributed by atoms with Crippen LogP contribution in [0.25, 0.3) is 6.08 Å². The van der Waals surface area contributed by atoms with Crippen LogP contribution < -0.4 is 4.74 Å². The number of carbonyl (C=O) groups excluding carboxylic acids is 1. The van der Waals surface area contributed by atoms with Gasteiger partial charge in [0, 0.05) is 6.08 Å². The zero-order valence-corrected chi connectivity index (χ0v) is 35.1. The van der Waals surface area contributed by atoms with Crippen molar-refractivity contribution in [2.45, 2.75) is 149 Å². The summed E-state index contributed by atoms with van der Waals surface area (Å²) in [7, 11) is 1.42. The van der Waals surface area contributed by atoms with Crippen molar-refractivity contribution < 1.29 is 54.1 Å². The third kappa shape index (κ3) is 6.66. The first-order valence-electron chi connectivity index (χ1n) is 21.1. The highest BCUT2D eigenvalue weighted by Gasteiger charge is 2.69. The van der Waals surface area contributed by atoms with Crippen molar-refractivity contribution in [3.8, 4) is 11.5 Å². The summed E-state index contributed by atoms with van der Waals surface area (Å²) < 4.78 is 23.3. The van der Waals surface area contributed by atoms with Crippen LogP contribution in [-0.2, 0) is 23.8 Å². The lowest BCUT2D eigenvalue weighted by Crippen LogP contribution is -2.66. The van der Waals surface area contributed by atoms with Gasteiger partial charge in [-0.05, 0) is 133 Å². The summed E-state index contributed by atoms with van der Waals surface area (Å²) in [5.74, 6) is -0.467. The second kappa shape index (κ2) is 14.6. The Morgan fingerprint density at radius 1 is 0.930 bits per heavy atom. The van der Waals surface area contributed by atoms with Crippen LogP contribution in [0.2, 0.25) is 0 Å². The number of esters is 1. The van der Waals surface area contributed by atoms with Crippen LogP contribution in [-0.4, -0.2) is 88.0 Å². The van der Waals surface area contributed by atoms with Crippen molar-refractivity contribution in [1.29, 1.82) is 0 Å². The highest BCUT2D eigenvalue weighted by Crippen LogP contribution is 2.76. The van der Waals surface area contributed by atoms with Gasteiger partial charge in [0.25, 0.3) is 0 Å². The quantitative estimate of drug-likeness (QED) is 0.0792. The Morgan fingerprint density at radius 3 is 2.33 bits per heavy atom. The average molecular weight is 795 g/mol. The molecule has 13 atom stereocenters. The molecule has 1 aromatic rings. The van der Waals surface area contributed by atoms with Gasteiger partial charge in [-0.25, -0.2) is 4.79 Å². The van der Waals surface area contributed by atoms with E-state index in [4.69, 9.17) is 18.9 Å². The first-order chi connectivity index (χ1) is 26.7. The van der Waals surface area contributed by atoms with Gasteiger partial charge in [0.15, 0.2) is 23.9 Å². The Bertz CT molecular complexity index is 1780. The number of benzene rings is 1. The predicted octanol–water partition coefficient (Wildman–Crippen LogP) is 7.04. The van der Waals surface area contributed by atoms with E-state index in [1.807, 2.05) is 0 Å². The summed E-state index contributed by atoms with van der Waals surface area (Å²) in [4.78, 5) is 25.9. The van der Waals surface area contributed by atoms with Crippen LogP contribution in [0.3, 0.4) is 0 Å². The molecule has 1 aliphatic heterocycles. The molecular weight excluding hydrogens is 728 g/mol. The lowest BCUT2D eigenvalue weighted by molar-refractivity contribution is -0.330. The van der Waals surface area contributed by atoms with Gasteiger partial charge in [-0.2, -0.15) is 0 Å². The number of aliphatic hydroxyl groups is 3. The van der Waals surface area contributed by atoms with Crippen molar-refractivity contribution >= 4 is 18.0 Å². The Morgan fingerprint density at radius 2 is 1.65 bits per heavy atom. The van der Waals surface area contributed by atoms with Crippen molar-refractivity contribution in [1.82, 2.24) is 0 Å². The Balaban J connectivity index is 1.06. The number of aromatic hydroxyl groups is 1. The van der Waals surface area contributed by atoms with Crippen molar-refractivity contribution in [2.75, 3.05) is 13.7 Å². The maximum atomic E-state index is 13.1. The molecular formula is C46H66O11. The van der Waals surface area contributed by atoms with Crippen molar-refractivity contribution in [3.05, 3.63) is 41.5 Å². The maximum absolute atomic E-state index is 13.1. The summed E-state index contributed by atoms with van der Waals surface area (Å²) in [5.41, 5.74) is 1.02. The van der Waals surface area contributed by atoms with Gasteiger partial charge in [-0.3, -0.25) is 4.79 Å². The first-order valence-corrected chi connectivity index (χ1v) is 21.1. The number of ether oxygens (including phenoxy) is 4. The Hall–Kier alpha value is -2.96. The smallest absolute Gasteiger partial charge is 0.331 e. The standard InChI is InChI=1S/C46H66O11/c1-41(2)19-21-46(40(52)53)22-20-44(6)27(28(46)24-41)11-13-33-43(5)17-16-34(42(3,4)32(43)15-18-45(33,44)7)56-39-37(51)36(50)38(31(25-47)55-39)57-35(49)14-10-26-9-12-29(48)30(23-26)54-8/h9-12,14,23,28,31-34,36-39,47-48,50-51H,13,15-22,24-25H2,1-8H3,(H,52,53)/t28-,31+,32-,33+,34-,36+,37+,38+,39-,43-,44+,45+,46-/m0/s1. The monoisotopic (exact) mass is 794 g/mol. The highest BCUT2D eigenvalue weighted by molar-refractivity contribution is 5.87. The number of phenolic OH excluding ortho intramolecular Hbond substituents is 1. The second-order valence-electron chi connectivity index (χ2n) is 20.5. The number of hydrogen-bond acceptors (Lipinski definition) is 10. The molecule has 5 fully saturated rings. The zero-order valence-electron chi connectivity index (χ0n) is 35.1. The zero-order chi connectivity index (χ0) is 41.5. The van der Waals surface area contributed by atoms with Gasteiger partial charge in [0.2, 0.25) is 0 Å². The normalized spacial score (nSPS) is 43.4. The molecule has 5 aliphatic carbocycles. The van der Waals surface area contributed by atoms with E-state index in [0.717, 1.165) is 70.3 Å². The molecule has 0 spiro atoms. The minimum Gasteiger partial charge on any atom is -0.504 e. The first kappa shape index (κ1) is 42.2. The molecule has 0 radical (unpaired) electrons. The van der Waals surface area contributed by atoms with Gasteiger partial charge in [-0.15, -0.1) is 0 Å². The number of phenols is 1. The van der Waals surface area contributed by atoms with E-state index >= 15 is 0 Å². The number of carbonyl (C=O) groups is 2. The number of carboxylic acids is 1. The number of fused-ring (bicyclic) bond motifs is 7. The second-order valence-corrected chi connectivity index (χ2v) is 20.5. The summed E-state index contributed by atoms with van der Waals surface area (Å²) in [6, 6.07) is 4.57. The highest BCUT2D eigenvalue weighted by atomic mass is 16.7. The van der Waals surface area contributed by atoms with Crippen molar-refractivity contribution in [3.63, 3.8) is 0 Å². The SMILES string of the molecule is COc1cc(C=CC(=O)O[C@H]2[C@H](O)[C@@H](O)[C@H](O[C@H]3CC[C@]4(C)[C@H]5CC=C6[C@@H]7CC(C)(C)CC[C@]7(C(=O)O)CC[C@@]6(C)[C@]5(C)CC[C@H]4C3(C)C)O[C@@H]2CO)ccc1O. The Labute approximate surface area is 337 Å². The number of allylic oxidation sites excluding steroid dienone is 2. The molecule has 0 unspecified atom stereocenters. The van der Waals surface area contributed by atoms with E-state index in [-0.39, 0.29) is 50.6 Å². The fourth-order valence-corrected chi connectivity index (χ4v) is 13.5. The van der Waals surface area contributed by atoms with Crippen LogP contribution in [0.1, 0.15) is 118 Å². The fourth-order valence-electron chi connectivity index (χ4n) is 13.5. The summed E-state index contributed by atoms with van der Waals surface area (Å²) in [5, 5.41) is 53.5. The molecule has 1 saturated heterocycles. The molecule has 0 aromatic heterocycles.